The highest BCUT2D eigenvalue weighted by molar-refractivity contribution is 6.09. The first-order valence-corrected chi connectivity index (χ1v) is 15.1. The summed E-state index contributed by atoms with van der Waals surface area (Å²) >= 11 is 0. The maximum Gasteiger partial charge on any atom is 0.0948 e. The molecule has 2 fully saturated rings. The molecule has 0 amide bonds. The third-order valence-electron chi connectivity index (χ3n) is 8.33. The molecule has 40 heavy (non-hydrogen) atoms. The van der Waals surface area contributed by atoms with Gasteiger partial charge in [-0.15, -0.1) is 6.58 Å². The van der Waals surface area contributed by atoms with E-state index in [0.29, 0.717) is 5.92 Å². The first-order chi connectivity index (χ1) is 19.1. The molecule has 1 saturated heterocycles. The van der Waals surface area contributed by atoms with Gasteiger partial charge in [-0.1, -0.05) is 31.2 Å². The van der Waals surface area contributed by atoms with Gasteiger partial charge in [0, 0.05) is 62.6 Å². The van der Waals surface area contributed by atoms with Crippen LogP contribution in [0.3, 0.4) is 0 Å². The van der Waals surface area contributed by atoms with E-state index in [1.54, 1.807) is 6.08 Å². The van der Waals surface area contributed by atoms with Crippen molar-refractivity contribution in [2.75, 3.05) is 39.8 Å². The van der Waals surface area contributed by atoms with E-state index < -0.39 is 0 Å². The normalized spacial score (nSPS) is 21.0. The van der Waals surface area contributed by atoms with Crippen molar-refractivity contribution < 1.29 is 0 Å². The number of hydrogen-bond acceptors (Lipinski definition) is 6. The zero-order chi connectivity index (χ0) is 29.3. The zero-order valence-corrected chi connectivity index (χ0v) is 25.9. The molecule has 6 nitrogen and oxygen atoms in total. The van der Waals surface area contributed by atoms with Gasteiger partial charge in [-0.2, -0.15) is 5.26 Å². The summed E-state index contributed by atoms with van der Waals surface area (Å²) in [6.07, 6.45) is 11.3. The van der Waals surface area contributed by atoms with Crippen LogP contribution in [0.2, 0.25) is 0 Å². The lowest BCUT2D eigenvalue weighted by molar-refractivity contribution is 0.187. The van der Waals surface area contributed by atoms with Gasteiger partial charge in [0.1, 0.15) is 0 Å². The van der Waals surface area contributed by atoms with E-state index in [-0.39, 0.29) is 11.6 Å². The van der Waals surface area contributed by atoms with E-state index in [1.165, 1.54) is 35.4 Å². The second-order valence-electron chi connectivity index (χ2n) is 12.0. The summed E-state index contributed by atoms with van der Waals surface area (Å²) in [6, 6.07) is 9.49. The fourth-order valence-electron chi connectivity index (χ4n) is 5.74. The number of likely N-dealkylation sites (N-methyl/N-ethyl adjacent to an activating group) is 1. The Hall–Kier alpha value is -2.88. The Bertz CT molecular complexity index is 1130. The standard InChI is InChI=1S/C31H46N6.C3H6/c1-6-7-29(20-31(4,22-32)28-10-11-28)37-13-12-25-8-9-26(19-27(25)21-37)30(34-24(3)33)18-23(2)36-16-14-35(5)15-17-36;1-3-2/h7-9,18-19,24,28H,6,10-17,20-21,33H2,1-5H3;3H,1H2,2H3/b23-18+,29-7-,34-30+;. The van der Waals surface area contributed by atoms with Crippen molar-refractivity contribution in [1.29, 1.82) is 5.26 Å². The lowest BCUT2D eigenvalue weighted by atomic mass is 9.81. The van der Waals surface area contributed by atoms with Gasteiger partial charge in [0.25, 0.3) is 0 Å². The predicted molar refractivity (Wildman–Crippen MR) is 169 cm³/mol. The molecule has 0 spiro atoms. The largest absolute Gasteiger partial charge is 0.372 e. The second kappa shape index (κ2) is 14.7. The van der Waals surface area contributed by atoms with E-state index in [4.69, 9.17) is 10.7 Å². The Balaban J connectivity index is 0.00000141. The molecule has 1 aromatic rings. The minimum absolute atomic E-state index is 0.258. The van der Waals surface area contributed by atoms with Crippen LogP contribution in [0.1, 0.15) is 77.0 Å². The van der Waals surface area contributed by atoms with Gasteiger partial charge in [-0.3, -0.25) is 4.99 Å². The van der Waals surface area contributed by atoms with E-state index >= 15 is 0 Å². The number of rotatable bonds is 9. The number of allylic oxidation sites excluding steroid dienone is 5. The Labute approximate surface area is 243 Å². The summed E-state index contributed by atoms with van der Waals surface area (Å²) in [6.45, 7) is 19.9. The molecule has 2 unspecified atom stereocenters. The molecule has 0 radical (unpaired) electrons. The second-order valence-corrected chi connectivity index (χ2v) is 12.0. The minimum Gasteiger partial charge on any atom is -0.372 e. The lowest BCUT2D eigenvalue weighted by Gasteiger charge is -2.36. The van der Waals surface area contributed by atoms with Crippen molar-refractivity contribution in [2.24, 2.45) is 22.1 Å². The Morgan fingerprint density at radius 1 is 1.20 bits per heavy atom. The van der Waals surface area contributed by atoms with Crippen molar-refractivity contribution in [2.45, 2.75) is 79.4 Å². The highest BCUT2D eigenvalue weighted by Crippen LogP contribution is 2.49. The maximum absolute atomic E-state index is 9.99. The van der Waals surface area contributed by atoms with Gasteiger partial charge in [-0.05, 0) is 89.6 Å². The van der Waals surface area contributed by atoms with Crippen molar-refractivity contribution >= 4 is 5.71 Å². The molecule has 1 aliphatic carbocycles. The zero-order valence-electron chi connectivity index (χ0n) is 25.9. The number of fused-ring (bicyclic) bond motifs is 1. The SMILES string of the molecule is C=CC.CC/C=C(/CC(C)(C#N)C1CC1)N1CCc2ccc(C(/C=C(\C)N3CCN(C)CC3)=N/C(C)N)cc2C1. The van der Waals surface area contributed by atoms with Crippen LogP contribution in [0.15, 0.2) is 59.4 Å². The summed E-state index contributed by atoms with van der Waals surface area (Å²) in [5.41, 5.74) is 13.4. The Kier molecular flexibility index (Phi) is 11.6. The number of nitriles is 1. The van der Waals surface area contributed by atoms with Crippen molar-refractivity contribution in [3.8, 4) is 6.07 Å². The fourth-order valence-corrected chi connectivity index (χ4v) is 5.74. The van der Waals surface area contributed by atoms with Gasteiger partial charge in [-0.25, -0.2) is 0 Å². The summed E-state index contributed by atoms with van der Waals surface area (Å²) in [5.74, 6) is 0.550. The molecule has 6 heteroatoms. The lowest BCUT2D eigenvalue weighted by Crippen LogP contribution is -2.43. The van der Waals surface area contributed by atoms with Gasteiger partial charge in [0.05, 0.1) is 23.4 Å². The minimum atomic E-state index is -0.260. The fraction of sp³-hybridized carbons (Fsp3) is 0.588. The summed E-state index contributed by atoms with van der Waals surface area (Å²) < 4.78 is 0. The van der Waals surface area contributed by atoms with E-state index in [2.05, 4.69) is 85.5 Å². The van der Waals surface area contributed by atoms with E-state index in [0.717, 1.165) is 69.8 Å². The summed E-state index contributed by atoms with van der Waals surface area (Å²) in [7, 11) is 2.18. The molecule has 2 aliphatic heterocycles. The summed E-state index contributed by atoms with van der Waals surface area (Å²) in [5, 5.41) is 9.99. The molecular formula is C34H52N6. The van der Waals surface area contributed by atoms with Crippen molar-refractivity contribution in [3.05, 3.63) is 71.1 Å². The highest BCUT2D eigenvalue weighted by atomic mass is 15.2. The monoisotopic (exact) mass is 544 g/mol. The topological polar surface area (TPSA) is 71.9 Å². The summed E-state index contributed by atoms with van der Waals surface area (Å²) in [4.78, 5) is 12.2. The molecular weight excluding hydrogens is 492 g/mol. The smallest absolute Gasteiger partial charge is 0.0948 e. The molecule has 218 valence electrons. The first-order valence-electron chi connectivity index (χ1n) is 15.1. The van der Waals surface area contributed by atoms with Crippen molar-refractivity contribution in [1.82, 2.24) is 14.7 Å². The van der Waals surface area contributed by atoms with E-state index in [1.807, 2.05) is 13.8 Å². The third kappa shape index (κ3) is 8.56. The molecule has 1 saturated carbocycles. The number of piperazine rings is 1. The highest BCUT2D eigenvalue weighted by Gasteiger charge is 2.43. The third-order valence-corrected chi connectivity index (χ3v) is 8.33. The molecule has 2 N–H and O–H groups in total. The average Bonchev–Trinajstić information content (AvgIpc) is 3.79. The number of nitrogens with zero attached hydrogens (tertiary/aromatic N) is 5. The van der Waals surface area contributed by atoms with Crippen molar-refractivity contribution in [3.63, 3.8) is 0 Å². The van der Waals surface area contributed by atoms with Gasteiger partial charge in [0.2, 0.25) is 0 Å². The van der Waals surface area contributed by atoms with Gasteiger partial charge < -0.3 is 20.4 Å². The maximum atomic E-state index is 9.99. The predicted octanol–water partition coefficient (Wildman–Crippen LogP) is 6.11. The molecule has 3 aliphatic rings. The van der Waals surface area contributed by atoms with Crippen LogP contribution in [0, 0.1) is 22.7 Å². The van der Waals surface area contributed by atoms with Crippen LogP contribution in [0.4, 0.5) is 0 Å². The molecule has 2 heterocycles. The van der Waals surface area contributed by atoms with Crippen LogP contribution in [0.25, 0.3) is 0 Å². The first kappa shape index (κ1) is 31.6. The van der Waals surface area contributed by atoms with Crippen LogP contribution in [0.5, 0.6) is 0 Å². The molecule has 4 rings (SSSR count). The van der Waals surface area contributed by atoms with Gasteiger partial charge in [0.15, 0.2) is 0 Å². The van der Waals surface area contributed by atoms with Crippen LogP contribution < -0.4 is 5.73 Å². The van der Waals surface area contributed by atoms with E-state index in [9.17, 15) is 5.26 Å². The molecule has 2 atom stereocenters. The van der Waals surface area contributed by atoms with Gasteiger partial charge >= 0.3 is 0 Å². The molecule has 1 aromatic carbocycles. The van der Waals surface area contributed by atoms with Crippen LogP contribution in [-0.4, -0.2) is 66.3 Å². The quantitative estimate of drug-likeness (QED) is 0.300. The van der Waals surface area contributed by atoms with Crippen LogP contribution in [-0.2, 0) is 13.0 Å². The molecule has 0 bridgehead atoms. The van der Waals surface area contributed by atoms with Crippen LogP contribution >= 0.6 is 0 Å². The number of hydrogen-bond donors (Lipinski definition) is 1. The average molecular weight is 545 g/mol. The Morgan fingerprint density at radius 2 is 1.88 bits per heavy atom. The number of nitrogens with two attached hydrogens (primary N) is 1. The number of benzene rings is 1. The number of aliphatic imine (C=N–C) groups is 1. The molecule has 0 aromatic heterocycles. The Morgan fingerprint density at radius 3 is 2.45 bits per heavy atom.